The Morgan fingerprint density at radius 3 is 1.02 bits per heavy atom. The van der Waals surface area contributed by atoms with Gasteiger partial charge in [-0.2, -0.15) is 0 Å². The van der Waals surface area contributed by atoms with Crippen LogP contribution in [0.15, 0.2) is 48.6 Å². The predicted octanol–water partition coefficient (Wildman–Crippen LogP) is 6.88. The molecule has 4 atom stereocenters. The summed E-state index contributed by atoms with van der Waals surface area (Å²) in [6, 6.07) is 0. The summed E-state index contributed by atoms with van der Waals surface area (Å²) in [6.07, 6.45) is 39.0. The second-order valence-electron chi connectivity index (χ2n) is 11.6. The molecule has 8 nitrogen and oxygen atoms in total. The largest absolute Gasteiger partial charge is 2.00 e. The van der Waals surface area contributed by atoms with Gasteiger partial charge in [-0.05, 0) is 89.9 Å². The van der Waals surface area contributed by atoms with Crippen molar-refractivity contribution in [1.82, 2.24) is 0 Å². The molecule has 0 aliphatic carbocycles. The molecule has 0 amide bonds. The SMILES string of the molecule is CCCCC/C=C\C/C=C\CCCCCCC(C(=O)[O-])[P+](=O)[O-].CCCCC/C=C\C/C=C\CCCCCCC(C(=O)[O-])[P+](=O)[O-].[Mg+2]. The Labute approximate surface area is 303 Å². The second kappa shape index (κ2) is 39.2. The summed E-state index contributed by atoms with van der Waals surface area (Å²) < 4.78 is 21.4. The molecule has 0 saturated carbocycles. The molecule has 0 aliphatic rings. The molecule has 0 N–H and O–H groups in total. The molecule has 47 heavy (non-hydrogen) atoms. The van der Waals surface area contributed by atoms with Crippen LogP contribution in [-0.4, -0.2) is 46.3 Å². The molecule has 4 unspecified atom stereocenters. The van der Waals surface area contributed by atoms with Crippen molar-refractivity contribution in [3.8, 4) is 0 Å². The van der Waals surface area contributed by atoms with Crippen LogP contribution in [0.25, 0.3) is 0 Å². The summed E-state index contributed by atoms with van der Waals surface area (Å²) >= 11 is 0. The molecule has 0 rings (SSSR count). The summed E-state index contributed by atoms with van der Waals surface area (Å²) in [5.74, 6) is -2.96. The van der Waals surface area contributed by atoms with Crippen LogP contribution in [0.1, 0.15) is 155 Å². The maximum absolute atomic E-state index is 10.7. The Balaban J connectivity index is -0.000000807. The molecule has 0 heterocycles. The van der Waals surface area contributed by atoms with Gasteiger partial charge in [0.25, 0.3) is 0 Å². The van der Waals surface area contributed by atoms with Crippen LogP contribution in [0.3, 0.4) is 0 Å². The number of aliphatic carboxylic acids is 2. The predicted molar refractivity (Wildman–Crippen MR) is 188 cm³/mol. The summed E-state index contributed by atoms with van der Waals surface area (Å²) in [7, 11) is -5.85. The average Bonchev–Trinajstić information content (AvgIpc) is 3.00. The van der Waals surface area contributed by atoms with E-state index in [9.17, 15) is 38.7 Å². The Morgan fingerprint density at radius 2 is 0.766 bits per heavy atom. The van der Waals surface area contributed by atoms with Crippen LogP contribution in [-0.2, 0) is 18.7 Å². The number of hydrogen-bond acceptors (Lipinski definition) is 8. The van der Waals surface area contributed by atoms with Crippen molar-refractivity contribution in [1.29, 1.82) is 0 Å². The Morgan fingerprint density at radius 1 is 0.489 bits per heavy atom. The van der Waals surface area contributed by atoms with E-state index >= 15 is 0 Å². The summed E-state index contributed by atoms with van der Waals surface area (Å²) in [4.78, 5) is 42.6. The van der Waals surface area contributed by atoms with Crippen molar-refractivity contribution in [2.45, 2.75) is 166 Å². The molecule has 0 aromatic heterocycles. The van der Waals surface area contributed by atoms with Gasteiger partial charge < -0.3 is 29.6 Å². The normalized spacial score (nSPS) is 13.4. The van der Waals surface area contributed by atoms with E-state index in [-0.39, 0.29) is 35.9 Å². The second-order valence-corrected chi connectivity index (χ2v) is 14.0. The third kappa shape index (κ3) is 37.5. The van der Waals surface area contributed by atoms with Crippen LogP contribution in [0, 0.1) is 0 Å². The first kappa shape index (κ1) is 50.2. The zero-order valence-corrected chi connectivity index (χ0v) is 32.4. The Hall–Kier alpha value is -1.21. The molecule has 0 aliphatic heterocycles. The Kier molecular flexibility index (Phi) is 41.9. The molecule has 11 heteroatoms. The van der Waals surface area contributed by atoms with E-state index in [0.29, 0.717) is 12.8 Å². The number of carbonyl (C=O) groups excluding carboxylic acids is 2. The van der Waals surface area contributed by atoms with E-state index < -0.39 is 39.3 Å². The summed E-state index contributed by atoms with van der Waals surface area (Å²) in [5.41, 5.74) is -2.65. The van der Waals surface area contributed by atoms with Crippen LogP contribution in [0.2, 0.25) is 0 Å². The van der Waals surface area contributed by atoms with Gasteiger partial charge in [0.2, 0.25) is 0 Å². The zero-order valence-electron chi connectivity index (χ0n) is 29.2. The number of hydrogen-bond donors (Lipinski definition) is 0. The van der Waals surface area contributed by atoms with Crippen molar-refractivity contribution in [3.63, 3.8) is 0 Å². The first-order valence-corrected chi connectivity index (χ1v) is 20.0. The smallest absolute Gasteiger partial charge is 0.595 e. The topological polar surface area (TPSA) is 161 Å². The fourth-order valence-corrected chi connectivity index (χ4v) is 5.69. The molecule has 0 saturated heterocycles. The zero-order chi connectivity index (χ0) is 34.7. The van der Waals surface area contributed by atoms with E-state index in [1.165, 1.54) is 51.4 Å². The van der Waals surface area contributed by atoms with Gasteiger partial charge in [0, 0.05) is 0 Å². The quantitative estimate of drug-likeness (QED) is 0.0338. The van der Waals surface area contributed by atoms with E-state index in [0.717, 1.165) is 64.2 Å². The fraction of sp³-hybridized carbons (Fsp3) is 0.722. The van der Waals surface area contributed by atoms with Crippen LogP contribution in [0.5, 0.6) is 0 Å². The van der Waals surface area contributed by atoms with Crippen molar-refractivity contribution < 1.29 is 38.7 Å². The molecule has 0 spiro atoms. The molecule has 0 radical (unpaired) electrons. The van der Waals surface area contributed by atoms with Gasteiger partial charge >= 0.3 is 39.1 Å². The number of carboxylic acids is 2. The van der Waals surface area contributed by atoms with Gasteiger partial charge in [0.1, 0.15) is 0 Å². The van der Waals surface area contributed by atoms with Gasteiger partial charge in [-0.1, -0.05) is 123 Å². The summed E-state index contributed by atoms with van der Waals surface area (Å²) in [6.45, 7) is 4.42. The maximum Gasteiger partial charge on any atom is 2.00 e. The van der Waals surface area contributed by atoms with Crippen molar-refractivity contribution in [2.24, 2.45) is 0 Å². The van der Waals surface area contributed by atoms with Crippen LogP contribution < -0.4 is 20.0 Å². The molecule has 0 bridgehead atoms. The van der Waals surface area contributed by atoms with Crippen molar-refractivity contribution in [2.75, 3.05) is 0 Å². The molecular formula is C36H60MgO8P2. The van der Waals surface area contributed by atoms with E-state index in [1.807, 2.05) is 0 Å². The number of allylic oxidation sites excluding steroid dienone is 8. The van der Waals surface area contributed by atoms with E-state index in [1.54, 1.807) is 0 Å². The fourth-order valence-electron chi connectivity index (χ4n) is 4.56. The summed E-state index contributed by atoms with van der Waals surface area (Å²) in [5, 5.41) is 21.2. The molecule has 0 aromatic rings. The van der Waals surface area contributed by atoms with Gasteiger partial charge in [0.05, 0.1) is 11.9 Å². The number of carboxylic acid groups (broad SMARTS) is 2. The Bertz CT molecular complexity index is 805. The number of unbranched alkanes of at least 4 members (excludes halogenated alkanes) is 14. The maximum atomic E-state index is 10.7. The molecule has 264 valence electrons. The van der Waals surface area contributed by atoms with Crippen LogP contribution in [0.4, 0.5) is 0 Å². The first-order valence-electron chi connectivity index (χ1n) is 17.5. The standard InChI is InChI=1S/2C18H31O4P.Mg/c2*1-2-3-4-5-6-7-8-9-10-11-12-13-14-15-16-17(18(19)20)23(21)22;/h2*6-7,9-10,17H,2-5,8,11-16H2,1H3,(H,19,20);/q;;+2/p-2/b2*7-6-,10-9-;. The minimum atomic E-state index is -2.92. The molecular weight excluding hydrogens is 647 g/mol. The number of carbonyl (C=O) groups is 2. The van der Waals surface area contributed by atoms with Gasteiger partial charge in [-0.3, -0.25) is 0 Å². The molecule has 0 fully saturated rings. The average molecular weight is 707 g/mol. The monoisotopic (exact) mass is 706 g/mol. The third-order valence-corrected chi connectivity index (χ3v) is 9.37. The number of rotatable bonds is 30. The minimum Gasteiger partial charge on any atom is -0.595 e. The van der Waals surface area contributed by atoms with Crippen molar-refractivity contribution in [3.05, 3.63) is 48.6 Å². The van der Waals surface area contributed by atoms with E-state index in [4.69, 9.17) is 0 Å². The molecule has 0 aromatic carbocycles. The van der Waals surface area contributed by atoms with Crippen LogP contribution >= 0.6 is 16.1 Å². The van der Waals surface area contributed by atoms with E-state index in [2.05, 4.69) is 62.5 Å². The first-order chi connectivity index (χ1) is 22.2. The van der Waals surface area contributed by atoms with Gasteiger partial charge in [-0.25, -0.2) is 0 Å². The van der Waals surface area contributed by atoms with Gasteiger partial charge in [-0.15, -0.1) is 0 Å². The minimum absolute atomic E-state index is 0. The third-order valence-electron chi connectivity index (χ3n) is 7.41. The van der Waals surface area contributed by atoms with Crippen molar-refractivity contribution >= 4 is 51.0 Å². The van der Waals surface area contributed by atoms with Gasteiger partial charge in [0.15, 0.2) is 11.3 Å².